The standard InChI is InChI=1S/C21H21N3O4S/c25-19(13-7-9-24(10-8-13)20(26)14-5-6-14)23-21-22-17(15-3-1-11-27-15)18(29-21)16-4-2-12-28-16/h1-4,11-14H,5-10H2,(H,22,23,25). The number of carbonyl (C=O) groups is 2. The van der Waals surface area contributed by atoms with Crippen LogP contribution in [0, 0.1) is 11.8 Å². The van der Waals surface area contributed by atoms with Crippen molar-refractivity contribution in [1.82, 2.24) is 9.88 Å². The van der Waals surface area contributed by atoms with Gasteiger partial charge in [-0.05, 0) is 49.9 Å². The fourth-order valence-corrected chi connectivity index (χ4v) is 4.63. The highest BCUT2D eigenvalue weighted by molar-refractivity contribution is 7.19. The number of rotatable bonds is 5. The van der Waals surface area contributed by atoms with Gasteiger partial charge in [0.1, 0.15) is 16.3 Å². The van der Waals surface area contributed by atoms with E-state index >= 15 is 0 Å². The molecule has 3 aromatic rings. The van der Waals surface area contributed by atoms with Gasteiger partial charge in [-0.25, -0.2) is 4.98 Å². The Morgan fingerprint density at radius 2 is 1.69 bits per heavy atom. The molecular formula is C21H21N3O4S. The molecule has 5 rings (SSSR count). The third kappa shape index (κ3) is 3.72. The monoisotopic (exact) mass is 411 g/mol. The number of aromatic nitrogens is 1. The molecule has 2 amide bonds. The molecule has 0 spiro atoms. The van der Waals surface area contributed by atoms with E-state index in [0.29, 0.717) is 48.3 Å². The first-order chi connectivity index (χ1) is 14.2. The van der Waals surface area contributed by atoms with Gasteiger partial charge in [-0.3, -0.25) is 9.59 Å². The number of likely N-dealkylation sites (tertiary alicyclic amines) is 1. The molecule has 1 aliphatic heterocycles. The van der Waals surface area contributed by atoms with Crippen LogP contribution in [0.4, 0.5) is 5.13 Å². The SMILES string of the molecule is O=C(Nc1nc(-c2ccco2)c(-c2ccco2)s1)C1CCN(C(=O)C2CC2)CC1. The summed E-state index contributed by atoms with van der Waals surface area (Å²) in [4.78, 5) is 32.3. The minimum Gasteiger partial charge on any atom is -0.463 e. The van der Waals surface area contributed by atoms with Crippen LogP contribution in [-0.2, 0) is 9.59 Å². The zero-order valence-electron chi connectivity index (χ0n) is 15.8. The molecule has 8 heteroatoms. The number of piperidine rings is 1. The molecule has 1 aliphatic carbocycles. The van der Waals surface area contributed by atoms with Crippen molar-refractivity contribution < 1.29 is 18.4 Å². The van der Waals surface area contributed by atoms with Gasteiger partial charge in [0.05, 0.1) is 12.5 Å². The van der Waals surface area contributed by atoms with Gasteiger partial charge in [-0.15, -0.1) is 0 Å². The largest absolute Gasteiger partial charge is 0.463 e. The van der Waals surface area contributed by atoms with E-state index in [-0.39, 0.29) is 23.7 Å². The number of anilines is 1. The van der Waals surface area contributed by atoms with E-state index in [2.05, 4.69) is 10.3 Å². The second-order valence-electron chi connectivity index (χ2n) is 7.51. The Bertz CT molecular complexity index is 945. The van der Waals surface area contributed by atoms with Gasteiger partial charge in [0, 0.05) is 24.9 Å². The van der Waals surface area contributed by atoms with E-state index in [0.717, 1.165) is 17.7 Å². The molecule has 2 fully saturated rings. The first-order valence-electron chi connectivity index (χ1n) is 9.87. The highest BCUT2D eigenvalue weighted by atomic mass is 32.1. The molecule has 1 saturated carbocycles. The van der Waals surface area contributed by atoms with E-state index in [9.17, 15) is 9.59 Å². The molecule has 0 unspecified atom stereocenters. The number of nitrogens with one attached hydrogen (secondary N) is 1. The smallest absolute Gasteiger partial charge is 0.229 e. The Morgan fingerprint density at radius 3 is 2.31 bits per heavy atom. The molecule has 2 aliphatic rings. The number of carbonyl (C=O) groups excluding carboxylic acids is 2. The maximum absolute atomic E-state index is 12.8. The van der Waals surface area contributed by atoms with Crippen molar-refractivity contribution in [2.75, 3.05) is 18.4 Å². The van der Waals surface area contributed by atoms with Gasteiger partial charge in [0.25, 0.3) is 0 Å². The van der Waals surface area contributed by atoms with Crippen molar-refractivity contribution in [3.8, 4) is 22.1 Å². The van der Waals surface area contributed by atoms with E-state index in [1.54, 1.807) is 18.6 Å². The lowest BCUT2D eigenvalue weighted by atomic mass is 9.95. The fourth-order valence-electron chi connectivity index (χ4n) is 3.69. The van der Waals surface area contributed by atoms with E-state index in [4.69, 9.17) is 8.83 Å². The molecule has 0 aromatic carbocycles. The summed E-state index contributed by atoms with van der Waals surface area (Å²) < 4.78 is 11.0. The zero-order valence-corrected chi connectivity index (χ0v) is 16.6. The third-order valence-corrected chi connectivity index (χ3v) is 6.45. The molecule has 0 atom stereocenters. The van der Waals surface area contributed by atoms with Crippen molar-refractivity contribution in [3.63, 3.8) is 0 Å². The van der Waals surface area contributed by atoms with Gasteiger partial charge < -0.3 is 19.1 Å². The van der Waals surface area contributed by atoms with Crippen LogP contribution in [0.15, 0.2) is 45.6 Å². The van der Waals surface area contributed by atoms with Crippen molar-refractivity contribution in [2.45, 2.75) is 25.7 Å². The topological polar surface area (TPSA) is 88.6 Å². The van der Waals surface area contributed by atoms with Crippen LogP contribution in [0.1, 0.15) is 25.7 Å². The zero-order chi connectivity index (χ0) is 19.8. The average molecular weight is 411 g/mol. The normalized spacial score (nSPS) is 17.4. The summed E-state index contributed by atoms with van der Waals surface area (Å²) in [6, 6.07) is 7.31. The Morgan fingerprint density at radius 1 is 1.00 bits per heavy atom. The average Bonchev–Trinajstić information content (AvgIpc) is 3.15. The molecule has 1 N–H and O–H groups in total. The van der Waals surface area contributed by atoms with Crippen LogP contribution >= 0.6 is 11.3 Å². The number of hydrogen-bond donors (Lipinski definition) is 1. The summed E-state index contributed by atoms with van der Waals surface area (Å²) in [6.07, 6.45) is 6.60. The van der Waals surface area contributed by atoms with Crippen LogP contribution in [0.5, 0.6) is 0 Å². The predicted octanol–water partition coefficient (Wildman–Crippen LogP) is 4.25. The van der Waals surface area contributed by atoms with Crippen molar-refractivity contribution in [1.29, 1.82) is 0 Å². The lowest BCUT2D eigenvalue weighted by molar-refractivity contribution is -0.135. The Kier molecular flexibility index (Phi) is 4.71. The minimum absolute atomic E-state index is 0.0470. The first-order valence-corrected chi connectivity index (χ1v) is 10.7. The molecule has 150 valence electrons. The lowest BCUT2D eigenvalue weighted by Crippen LogP contribution is -2.42. The molecule has 1 saturated heterocycles. The highest BCUT2D eigenvalue weighted by Gasteiger charge is 2.36. The lowest BCUT2D eigenvalue weighted by Gasteiger charge is -2.31. The predicted molar refractivity (Wildman–Crippen MR) is 108 cm³/mol. The van der Waals surface area contributed by atoms with Crippen molar-refractivity contribution in [3.05, 3.63) is 36.8 Å². The molecule has 3 aromatic heterocycles. The first kappa shape index (κ1) is 18.2. The summed E-state index contributed by atoms with van der Waals surface area (Å²) >= 11 is 1.36. The van der Waals surface area contributed by atoms with Crippen LogP contribution in [-0.4, -0.2) is 34.8 Å². The summed E-state index contributed by atoms with van der Waals surface area (Å²) in [5.41, 5.74) is 0.648. The second kappa shape index (κ2) is 7.51. The van der Waals surface area contributed by atoms with E-state index < -0.39 is 0 Å². The number of nitrogens with zero attached hydrogens (tertiary/aromatic N) is 2. The number of thiazole rings is 1. The molecule has 29 heavy (non-hydrogen) atoms. The summed E-state index contributed by atoms with van der Waals surface area (Å²) in [5, 5.41) is 3.48. The second-order valence-corrected chi connectivity index (χ2v) is 8.51. The maximum Gasteiger partial charge on any atom is 0.229 e. The number of hydrogen-bond acceptors (Lipinski definition) is 6. The molecule has 0 bridgehead atoms. The maximum atomic E-state index is 12.8. The summed E-state index contributed by atoms with van der Waals surface area (Å²) in [6.45, 7) is 1.31. The molecular weight excluding hydrogens is 390 g/mol. The minimum atomic E-state index is -0.110. The van der Waals surface area contributed by atoms with Gasteiger partial charge in [0.15, 0.2) is 10.9 Å². The van der Waals surface area contributed by atoms with Gasteiger partial charge in [-0.1, -0.05) is 11.3 Å². The Labute approximate surface area is 171 Å². The van der Waals surface area contributed by atoms with Crippen LogP contribution in [0.2, 0.25) is 0 Å². The van der Waals surface area contributed by atoms with Gasteiger partial charge >= 0.3 is 0 Å². The Hall–Kier alpha value is -2.87. The van der Waals surface area contributed by atoms with Crippen LogP contribution in [0.3, 0.4) is 0 Å². The summed E-state index contributed by atoms with van der Waals surface area (Å²) in [7, 11) is 0. The molecule has 0 radical (unpaired) electrons. The molecule has 7 nitrogen and oxygen atoms in total. The van der Waals surface area contributed by atoms with Crippen molar-refractivity contribution in [2.24, 2.45) is 11.8 Å². The molecule has 4 heterocycles. The fraction of sp³-hybridized carbons (Fsp3) is 0.381. The quantitative estimate of drug-likeness (QED) is 0.678. The highest BCUT2D eigenvalue weighted by Crippen LogP contribution is 2.39. The number of amides is 2. The van der Waals surface area contributed by atoms with E-state index in [1.807, 2.05) is 23.1 Å². The third-order valence-electron chi connectivity index (χ3n) is 5.46. The number of furan rings is 2. The van der Waals surface area contributed by atoms with Crippen LogP contribution in [0.25, 0.3) is 22.1 Å². The van der Waals surface area contributed by atoms with Gasteiger partial charge in [0.2, 0.25) is 11.8 Å². The van der Waals surface area contributed by atoms with Crippen molar-refractivity contribution >= 4 is 28.3 Å². The Balaban J connectivity index is 1.29. The van der Waals surface area contributed by atoms with E-state index in [1.165, 1.54) is 11.3 Å². The summed E-state index contributed by atoms with van der Waals surface area (Å²) in [5.74, 6) is 1.64. The van der Waals surface area contributed by atoms with Crippen LogP contribution < -0.4 is 5.32 Å². The van der Waals surface area contributed by atoms with Gasteiger partial charge in [-0.2, -0.15) is 0 Å².